The smallest absolute Gasteiger partial charge is 0.339 e. The van der Waals surface area contributed by atoms with E-state index in [1.807, 2.05) is 13.8 Å². The molecule has 2 rings (SSSR count). The quantitative estimate of drug-likeness (QED) is 0.822. The van der Waals surface area contributed by atoms with Crippen molar-refractivity contribution in [3.05, 3.63) is 45.2 Å². The molecule has 1 aromatic carbocycles. The van der Waals surface area contributed by atoms with Crippen molar-refractivity contribution in [1.82, 2.24) is 9.78 Å². The first-order chi connectivity index (χ1) is 10.5. The van der Waals surface area contributed by atoms with Gasteiger partial charge in [-0.1, -0.05) is 49.9 Å². The zero-order valence-electron chi connectivity index (χ0n) is 12.6. The second-order valence-corrected chi connectivity index (χ2v) is 5.92. The van der Waals surface area contributed by atoms with E-state index >= 15 is 0 Å². The number of hydrogen-bond acceptors (Lipinski definition) is 2. The summed E-state index contributed by atoms with van der Waals surface area (Å²) in [5.74, 6) is -0.948. The standard InChI is InChI=1S/C16H18Cl2N2O2/c1-3-5-12-15(16(21)22)13(6-4-2)20(19-12)14-9-10(17)7-8-11(14)18/h7-9H,3-6H2,1-2H3,(H,21,22). The Labute approximate surface area is 139 Å². The first-order valence-electron chi connectivity index (χ1n) is 7.29. The first-order valence-corrected chi connectivity index (χ1v) is 8.04. The van der Waals surface area contributed by atoms with Gasteiger partial charge in [-0.2, -0.15) is 5.10 Å². The summed E-state index contributed by atoms with van der Waals surface area (Å²) < 4.78 is 1.63. The minimum Gasteiger partial charge on any atom is -0.478 e. The molecule has 2 aromatic rings. The van der Waals surface area contributed by atoms with Crippen LogP contribution in [0.2, 0.25) is 10.0 Å². The summed E-state index contributed by atoms with van der Waals surface area (Å²) in [4.78, 5) is 11.7. The molecular weight excluding hydrogens is 323 g/mol. The Morgan fingerprint density at radius 2 is 1.91 bits per heavy atom. The molecular formula is C16H18Cl2N2O2. The molecule has 0 radical (unpaired) electrons. The summed E-state index contributed by atoms with van der Waals surface area (Å²) in [6.07, 6.45) is 2.87. The van der Waals surface area contributed by atoms with Crippen molar-refractivity contribution >= 4 is 29.2 Å². The third-order valence-electron chi connectivity index (χ3n) is 3.38. The molecule has 22 heavy (non-hydrogen) atoms. The topological polar surface area (TPSA) is 55.1 Å². The van der Waals surface area contributed by atoms with E-state index in [0.717, 1.165) is 12.8 Å². The molecule has 0 aliphatic heterocycles. The average molecular weight is 341 g/mol. The predicted octanol–water partition coefficient (Wildman–Crippen LogP) is 4.78. The molecule has 0 saturated carbocycles. The SMILES string of the molecule is CCCc1nn(-c2cc(Cl)ccc2Cl)c(CCC)c1C(=O)O. The van der Waals surface area contributed by atoms with Crippen LogP contribution in [0.1, 0.15) is 48.4 Å². The Bertz CT molecular complexity index is 696. The lowest BCUT2D eigenvalue weighted by Gasteiger charge is -2.09. The van der Waals surface area contributed by atoms with Gasteiger partial charge in [-0.3, -0.25) is 0 Å². The number of carboxylic acids is 1. The monoisotopic (exact) mass is 340 g/mol. The van der Waals surface area contributed by atoms with Crippen LogP contribution in [0.15, 0.2) is 18.2 Å². The van der Waals surface area contributed by atoms with Gasteiger partial charge >= 0.3 is 5.97 Å². The number of aromatic nitrogens is 2. The van der Waals surface area contributed by atoms with Crippen molar-refractivity contribution < 1.29 is 9.90 Å². The van der Waals surface area contributed by atoms with Crippen molar-refractivity contribution in [2.24, 2.45) is 0 Å². The molecule has 0 spiro atoms. The molecule has 118 valence electrons. The van der Waals surface area contributed by atoms with Gasteiger partial charge in [0.1, 0.15) is 5.56 Å². The van der Waals surface area contributed by atoms with E-state index in [0.29, 0.717) is 45.5 Å². The van der Waals surface area contributed by atoms with Gasteiger partial charge < -0.3 is 5.11 Å². The van der Waals surface area contributed by atoms with Gasteiger partial charge in [-0.15, -0.1) is 0 Å². The number of benzene rings is 1. The van der Waals surface area contributed by atoms with Gasteiger partial charge in [-0.05, 0) is 31.0 Å². The van der Waals surface area contributed by atoms with Gasteiger partial charge in [0.2, 0.25) is 0 Å². The van der Waals surface area contributed by atoms with Crippen LogP contribution >= 0.6 is 23.2 Å². The molecule has 0 unspecified atom stereocenters. The molecule has 0 saturated heterocycles. The number of aryl methyl sites for hydroxylation is 1. The highest BCUT2D eigenvalue weighted by Gasteiger charge is 2.24. The molecule has 0 aliphatic rings. The van der Waals surface area contributed by atoms with E-state index in [1.54, 1.807) is 22.9 Å². The van der Waals surface area contributed by atoms with Crippen LogP contribution < -0.4 is 0 Å². The van der Waals surface area contributed by atoms with Gasteiger partial charge in [0.05, 0.1) is 22.1 Å². The maximum absolute atomic E-state index is 11.7. The van der Waals surface area contributed by atoms with E-state index in [-0.39, 0.29) is 0 Å². The fourth-order valence-corrected chi connectivity index (χ4v) is 2.84. The predicted molar refractivity (Wildman–Crippen MR) is 88.5 cm³/mol. The van der Waals surface area contributed by atoms with Gasteiger partial charge in [0, 0.05) is 5.02 Å². The summed E-state index contributed by atoms with van der Waals surface area (Å²) >= 11 is 12.3. The van der Waals surface area contributed by atoms with E-state index in [1.165, 1.54) is 0 Å². The van der Waals surface area contributed by atoms with Gasteiger partial charge in [-0.25, -0.2) is 9.48 Å². The van der Waals surface area contributed by atoms with Crippen molar-refractivity contribution in [3.63, 3.8) is 0 Å². The second-order valence-electron chi connectivity index (χ2n) is 5.08. The summed E-state index contributed by atoms with van der Waals surface area (Å²) in [6, 6.07) is 5.09. The van der Waals surface area contributed by atoms with Crippen molar-refractivity contribution in [2.45, 2.75) is 39.5 Å². The van der Waals surface area contributed by atoms with Crippen LogP contribution in [-0.4, -0.2) is 20.9 Å². The minimum atomic E-state index is -0.948. The highest BCUT2D eigenvalue weighted by atomic mass is 35.5. The van der Waals surface area contributed by atoms with Crippen LogP contribution in [0.5, 0.6) is 0 Å². The van der Waals surface area contributed by atoms with Crippen molar-refractivity contribution in [2.75, 3.05) is 0 Å². The van der Waals surface area contributed by atoms with Crippen molar-refractivity contribution in [3.8, 4) is 5.69 Å². The highest BCUT2D eigenvalue weighted by molar-refractivity contribution is 6.34. The van der Waals surface area contributed by atoms with Crippen LogP contribution in [0, 0.1) is 0 Å². The zero-order valence-corrected chi connectivity index (χ0v) is 14.1. The first kappa shape index (κ1) is 16.8. The third-order valence-corrected chi connectivity index (χ3v) is 3.93. The molecule has 0 atom stereocenters. The third kappa shape index (κ3) is 3.28. The molecule has 0 amide bonds. The lowest BCUT2D eigenvalue weighted by molar-refractivity contribution is 0.0694. The molecule has 1 heterocycles. The number of aromatic carboxylic acids is 1. The van der Waals surface area contributed by atoms with E-state index in [4.69, 9.17) is 23.2 Å². The lowest BCUT2D eigenvalue weighted by atomic mass is 10.1. The normalized spacial score (nSPS) is 10.9. The Balaban J connectivity index is 2.71. The molecule has 0 fully saturated rings. The molecule has 4 nitrogen and oxygen atoms in total. The Kier molecular flexibility index (Phi) is 5.48. The van der Waals surface area contributed by atoms with Crippen LogP contribution in [-0.2, 0) is 12.8 Å². The zero-order chi connectivity index (χ0) is 16.3. The van der Waals surface area contributed by atoms with E-state index in [2.05, 4.69) is 5.10 Å². The number of carbonyl (C=O) groups is 1. The van der Waals surface area contributed by atoms with Crippen molar-refractivity contribution in [1.29, 1.82) is 0 Å². The molecule has 1 aromatic heterocycles. The molecule has 0 bridgehead atoms. The maximum Gasteiger partial charge on any atom is 0.339 e. The second kappa shape index (κ2) is 7.16. The molecule has 6 heteroatoms. The fourth-order valence-electron chi connectivity index (χ4n) is 2.48. The molecule has 0 aliphatic carbocycles. The summed E-state index contributed by atoms with van der Waals surface area (Å²) in [5, 5.41) is 15.1. The number of nitrogens with zero attached hydrogens (tertiary/aromatic N) is 2. The number of hydrogen-bond donors (Lipinski definition) is 1. The number of rotatable bonds is 6. The van der Waals surface area contributed by atoms with Gasteiger partial charge in [0.25, 0.3) is 0 Å². The lowest BCUT2D eigenvalue weighted by Crippen LogP contribution is -2.07. The summed E-state index contributed by atoms with van der Waals surface area (Å²) in [7, 11) is 0. The number of halogens is 2. The molecule has 1 N–H and O–H groups in total. The summed E-state index contributed by atoms with van der Waals surface area (Å²) in [6.45, 7) is 4.00. The maximum atomic E-state index is 11.7. The van der Waals surface area contributed by atoms with E-state index in [9.17, 15) is 9.90 Å². The number of carboxylic acid groups (broad SMARTS) is 1. The largest absolute Gasteiger partial charge is 0.478 e. The van der Waals surface area contributed by atoms with Crippen LogP contribution in [0.4, 0.5) is 0 Å². The fraction of sp³-hybridized carbons (Fsp3) is 0.375. The highest BCUT2D eigenvalue weighted by Crippen LogP contribution is 2.28. The minimum absolute atomic E-state index is 0.291. The van der Waals surface area contributed by atoms with Crippen LogP contribution in [0.25, 0.3) is 5.69 Å². The Hall–Kier alpha value is -1.52. The van der Waals surface area contributed by atoms with Gasteiger partial charge in [0.15, 0.2) is 0 Å². The Morgan fingerprint density at radius 1 is 1.23 bits per heavy atom. The average Bonchev–Trinajstić information content (AvgIpc) is 2.81. The van der Waals surface area contributed by atoms with E-state index < -0.39 is 5.97 Å². The summed E-state index contributed by atoms with van der Waals surface area (Å²) in [5.41, 5.74) is 2.17. The van der Waals surface area contributed by atoms with Crippen LogP contribution in [0.3, 0.4) is 0 Å². The Morgan fingerprint density at radius 3 is 2.50 bits per heavy atom.